The molecule has 0 saturated heterocycles. The lowest BCUT2D eigenvalue weighted by Gasteiger charge is -2.11. The molecule has 9 nitrogen and oxygen atoms in total. The van der Waals surface area contributed by atoms with Crippen LogP contribution in [0, 0.1) is 0 Å². The standard InChI is InChI=1S/C19H15N3O6S2/c1-26-19(23)17-15(8-10-29-17)30(24,25)22-13-6-3-2-5-12(13)11-16-20-18(21-28-16)14-7-4-9-27-14/h2-10,22H,11H2,1H3. The normalized spacial score (nSPS) is 11.4. The SMILES string of the molecule is COC(=O)c1sccc1S(=O)(=O)Nc1ccccc1Cc1nc(-c2ccco2)no1. The lowest BCUT2D eigenvalue weighted by atomic mass is 10.1. The molecule has 0 radical (unpaired) electrons. The lowest BCUT2D eigenvalue weighted by Crippen LogP contribution is -2.16. The van der Waals surface area contributed by atoms with E-state index in [1.54, 1.807) is 36.4 Å². The number of nitrogens with one attached hydrogen (secondary N) is 1. The Morgan fingerprint density at radius 2 is 2.03 bits per heavy atom. The van der Waals surface area contributed by atoms with E-state index in [0.717, 1.165) is 11.3 Å². The smallest absolute Gasteiger partial charge is 0.349 e. The number of aromatic nitrogens is 2. The number of carbonyl (C=O) groups excluding carboxylic acids is 1. The van der Waals surface area contributed by atoms with Crippen molar-refractivity contribution in [2.75, 3.05) is 11.8 Å². The maximum absolute atomic E-state index is 12.9. The highest BCUT2D eigenvalue weighted by Crippen LogP contribution is 2.27. The fourth-order valence-corrected chi connectivity index (χ4v) is 5.16. The van der Waals surface area contributed by atoms with Crippen LogP contribution in [-0.2, 0) is 21.2 Å². The molecule has 1 aromatic carbocycles. The van der Waals surface area contributed by atoms with E-state index in [2.05, 4.69) is 19.6 Å². The summed E-state index contributed by atoms with van der Waals surface area (Å²) >= 11 is 0.992. The molecule has 11 heteroatoms. The lowest BCUT2D eigenvalue weighted by molar-refractivity contribution is 0.0602. The molecule has 1 N–H and O–H groups in total. The van der Waals surface area contributed by atoms with Crippen molar-refractivity contribution in [2.24, 2.45) is 0 Å². The van der Waals surface area contributed by atoms with E-state index < -0.39 is 16.0 Å². The molecule has 4 aromatic rings. The molecule has 0 amide bonds. The predicted molar refractivity (Wildman–Crippen MR) is 108 cm³/mol. The third-order valence-corrected chi connectivity index (χ3v) is 6.53. The molecule has 0 atom stereocenters. The highest BCUT2D eigenvalue weighted by molar-refractivity contribution is 7.93. The Morgan fingerprint density at radius 3 is 2.80 bits per heavy atom. The molecule has 0 aliphatic rings. The first-order valence-electron chi connectivity index (χ1n) is 8.61. The number of nitrogens with zero attached hydrogens (tertiary/aromatic N) is 2. The number of thiophene rings is 1. The molecule has 0 bridgehead atoms. The first kappa shape index (κ1) is 19.9. The zero-order valence-corrected chi connectivity index (χ0v) is 17.2. The first-order chi connectivity index (χ1) is 14.5. The van der Waals surface area contributed by atoms with Crippen LogP contribution in [0.3, 0.4) is 0 Å². The summed E-state index contributed by atoms with van der Waals surface area (Å²) in [6.07, 6.45) is 1.70. The molecule has 0 saturated carbocycles. The average molecular weight is 445 g/mol. The van der Waals surface area contributed by atoms with E-state index in [1.165, 1.54) is 24.8 Å². The van der Waals surface area contributed by atoms with E-state index in [-0.39, 0.29) is 16.2 Å². The van der Waals surface area contributed by atoms with Crippen LogP contribution in [0.5, 0.6) is 0 Å². The molecule has 0 unspecified atom stereocenters. The Hall–Kier alpha value is -3.44. The molecule has 3 aromatic heterocycles. The van der Waals surface area contributed by atoms with Crippen molar-refractivity contribution in [2.45, 2.75) is 11.3 Å². The number of carbonyl (C=O) groups is 1. The predicted octanol–water partition coefficient (Wildman–Crippen LogP) is 3.57. The van der Waals surface area contributed by atoms with Crippen LogP contribution in [0.25, 0.3) is 11.6 Å². The van der Waals surface area contributed by atoms with E-state index >= 15 is 0 Å². The zero-order valence-electron chi connectivity index (χ0n) is 15.6. The minimum atomic E-state index is -4.02. The quantitative estimate of drug-likeness (QED) is 0.428. The van der Waals surface area contributed by atoms with Crippen molar-refractivity contribution < 1.29 is 26.9 Å². The highest BCUT2D eigenvalue weighted by atomic mass is 32.2. The molecule has 154 valence electrons. The number of hydrogen-bond acceptors (Lipinski definition) is 9. The molecule has 0 fully saturated rings. The number of methoxy groups -OCH3 is 1. The zero-order chi connectivity index (χ0) is 21.1. The minimum absolute atomic E-state index is 0.00229. The largest absolute Gasteiger partial charge is 0.465 e. The minimum Gasteiger partial charge on any atom is -0.465 e. The molecule has 0 spiro atoms. The number of benzene rings is 1. The van der Waals surface area contributed by atoms with Crippen LogP contribution in [0.2, 0.25) is 0 Å². The number of ether oxygens (including phenoxy) is 1. The summed E-state index contributed by atoms with van der Waals surface area (Å²) in [6.45, 7) is 0. The topological polar surface area (TPSA) is 125 Å². The Labute approximate surface area is 175 Å². The molecular formula is C19H15N3O6S2. The fraction of sp³-hybridized carbons (Fsp3) is 0.105. The van der Waals surface area contributed by atoms with Crippen molar-refractivity contribution in [1.82, 2.24) is 10.1 Å². The third-order valence-electron chi connectivity index (χ3n) is 4.10. The number of hydrogen-bond donors (Lipinski definition) is 1. The van der Waals surface area contributed by atoms with Gasteiger partial charge in [0.25, 0.3) is 10.0 Å². The Bertz CT molecular complexity index is 1280. The van der Waals surface area contributed by atoms with Crippen LogP contribution in [0.15, 0.2) is 67.9 Å². The third kappa shape index (κ3) is 3.98. The van der Waals surface area contributed by atoms with Crippen LogP contribution in [-0.4, -0.2) is 31.6 Å². The molecule has 30 heavy (non-hydrogen) atoms. The van der Waals surface area contributed by atoms with Gasteiger partial charge in [0.15, 0.2) is 5.76 Å². The van der Waals surface area contributed by atoms with Gasteiger partial charge in [-0.1, -0.05) is 23.4 Å². The number of furan rings is 1. The number of para-hydroxylation sites is 1. The van der Waals surface area contributed by atoms with Crippen molar-refractivity contribution in [3.05, 3.63) is 70.4 Å². The first-order valence-corrected chi connectivity index (χ1v) is 11.0. The van der Waals surface area contributed by atoms with Gasteiger partial charge >= 0.3 is 5.97 Å². The van der Waals surface area contributed by atoms with Gasteiger partial charge in [-0.3, -0.25) is 4.72 Å². The molecule has 4 rings (SSSR count). The van der Waals surface area contributed by atoms with Crippen LogP contribution in [0.1, 0.15) is 21.1 Å². The summed E-state index contributed by atoms with van der Waals surface area (Å²) in [5, 5.41) is 5.39. The van der Waals surface area contributed by atoms with Gasteiger partial charge in [-0.05, 0) is 35.2 Å². The van der Waals surface area contributed by atoms with Gasteiger partial charge in [-0.2, -0.15) is 4.98 Å². The van der Waals surface area contributed by atoms with Gasteiger partial charge in [0.2, 0.25) is 11.7 Å². The molecule has 0 aliphatic heterocycles. The van der Waals surface area contributed by atoms with E-state index in [0.29, 0.717) is 28.7 Å². The Kier molecular flexibility index (Phi) is 5.38. The summed E-state index contributed by atoms with van der Waals surface area (Å²) < 4.78 is 43.5. The van der Waals surface area contributed by atoms with Gasteiger partial charge in [0.05, 0.1) is 25.5 Å². The van der Waals surface area contributed by atoms with Gasteiger partial charge < -0.3 is 13.7 Å². The van der Waals surface area contributed by atoms with Crippen LogP contribution < -0.4 is 4.72 Å². The van der Waals surface area contributed by atoms with Gasteiger partial charge in [-0.15, -0.1) is 11.3 Å². The number of anilines is 1. The van der Waals surface area contributed by atoms with Crippen LogP contribution >= 0.6 is 11.3 Å². The van der Waals surface area contributed by atoms with Crippen LogP contribution in [0.4, 0.5) is 5.69 Å². The average Bonchev–Trinajstić information content (AvgIpc) is 3.49. The van der Waals surface area contributed by atoms with Gasteiger partial charge in [0, 0.05) is 0 Å². The van der Waals surface area contributed by atoms with Crippen molar-refractivity contribution >= 4 is 33.0 Å². The number of rotatable bonds is 7. The maximum Gasteiger partial charge on any atom is 0.349 e. The summed E-state index contributed by atoms with van der Waals surface area (Å²) in [5.74, 6) is 0.342. The summed E-state index contributed by atoms with van der Waals surface area (Å²) in [4.78, 5) is 16.0. The second kappa shape index (κ2) is 8.13. The van der Waals surface area contributed by atoms with Crippen molar-refractivity contribution in [3.8, 4) is 11.6 Å². The molecule has 3 heterocycles. The Balaban J connectivity index is 1.60. The fourth-order valence-electron chi connectivity index (χ4n) is 2.72. The van der Waals surface area contributed by atoms with Crippen molar-refractivity contribution in [1.29, 1.82) is 0 Å². The Morgan fingerprint density at radius 1 is 1.20 bits per heavy atom. The van der Waals surface area contributed by atoms with Gasteiger partial charge in [0.1, 0.15) is 9.77 Å². The van der Waals surface area contributed by atoms with E-state index in [4.69, 9.17) is 8.94 Å². The summed E-state index contributed by atoms with van der Waals surface area (Å²) in [6, 6.07) is 11.6. The maximum atomic E-state index is 12.9. The number of sulfonamides is 1. The van der Waals surface area contributed by atoms with E-state index in [1.807, 2.05) is 0 Å². The monoisotopic (exact) mass is 445 g/mol. The molecule has 0 aliphatic carbocycles. The number of esters is 1. The second-order valence-corrected chi connectivity index (χ2v) is 8.60. The van der Waals surface area contributed by atoms with Crippen molar-refractivity contribution in [3.63, 3.8) is 0 Å². The second-order valence-electron chi connectivity index (χ2n) is 6.03. The molecular weight excluding hydrogens is 430 g/mol. The van der Waals surface area contributed by atoms with Gasteiger partial charge in [-0.25, -0.2) is 13.2 Å². The van der Waals surface area contributed by atoms with E-state index in [9.17, 15) is 13.2 Å². The summed E-state index contributed by atoms with van der Waals surface area (Å²) in [5.41, 5.74) is 0.947. The highest BCUT2D eigenvalue weighted by Gasteiger charge is 2.25. The summed E-state index contributed by atoms with van der Waals surface area (Å²) in [7, 11) is -2.83.